The predicted molar refractivity (Wildman–Crippen MR) is 99.8 cm³/mol. The van der Waals surface area contributed by atoms with Gasteiger partial charge in [0.25, 0.3) is 0 Å². The number of likely N-dealkylation sites (N-methyl/N-ethyl adjacent to an activating group) is 1. The van der Waals surface area contributed by atoms with Crippen LogP contribution in [0.1, 0.15) is 18.4 Å². The lowest BCUT2D eigenvalue weighted by molar-refractivity contribution is 0.213. The molecule has 3 rings (SSSR count). The van der Waals surface area contributed by atoms with Gasteiger partial charge in [-0.15, -0.1) is 0 Å². The number of piperidine rings is 1. The molecule has 2 N–H and O–H groups in total. The number of pyridine rings is 1. The Morgan fingerprint density at radius 2 is 1.76 bits per heavy atom. The van der Waals surface area contributed by atoms with Crippen LogP contribution in [0.4, 0.5) is 10.6 Å². The number of hydrogen-bond acceptors (Lipinski definition) is 5. The number of nitrogens with zero attached hydrogens (tertiary/aromatic N) is 4. The Bertz CT molecular complexity index is 547. The Labute approximate surface area is 150 Å². The van der Waals surface area contributed by atoms with Crippen molar-refractivity contribution in [3.05, 3.63) is 23.9 Å². The number of hydrogen-bond donors (Lipinski definition) is 2. The number of nitrogens with one attached hydrogen (secondary N) is 2. The SMILES string of the molecule is CN1CCC(NC(=O)NCc2ccc(N3CCN(C)CC3)nc2)CC1. The topological polar surface area (TPSA) is 63.7 Å². The predicted octanol–water partition coefficient (Wildman–Crippen LogP) is 0.727. The van der Waals surface area contributed by atoms with Gasteiger partial charge in [-0.3, -0.25) is 0 Å². The number of anilines is 1. The van der Waals surface area contributed by atoms with Crippen LogP contribution >= 0.6 is 0 Å². The first-order valence-electron chi connectivity index (χ1n) is 9.21. The average molecular weight is 346 g/mol. The zero-order valence-electron chi connectivity index (χ0n) is 15.4. The zero-order chi connectivity index (χ0) is 17.6. The molecule has 7 nitrogen and oxygen atoms in total. The molecule has 1 aromatic heterocycles. The van der Waals surface area contributed by atoms with Crippen molar-refractivity contribution in [1.82, 2.24) is 25.4 Å². The molecule has 1 aromatic rings. The number of carbonyl (C=O) groups is 1. The maximum atomic E-state index is 12.0. The quantitative estimate of drug-likeness (QED) is 0.841. The van der Waals surface area contributed by atoms with Gasteiger partial charge in [0.05, 0.1) is 0 Å². The summed E-state index contributed by atoms with van der Waals surface area (Å²) in [5.74, 6) is 1.02. The van der Waals surface area contributed by atoms with Gasteiger partial charge in [0, 0.05) is 45.0 Å². The molecule has 3 heterocycles. The second-order valence-electron chi connectivity index (χ2n) is 7.22. The molecule has 0 radical (unpaired) electrons. The molecule has 25 heavy (non-hydrogen) atoms. The van der Waals surface area contributed by atoms with Gasteiger partial charge in [-0.2, -0.15) is 0 Å². The van der Waals surface area contributed by atoms with Crippen LogP contribution in [0.15, 0.2) is 18.3 Å². The van der Waals surface area contributed by atoms with Crippen LogP contribution in [-0.2, 0) is 6.54 Å². The van der Waals surface area contributed by atoms with E-state index in [0.29, 0.717) is 6.54 Å². The van der Waals surface area contributed by atoms with Crippen molar-refractivity contribution in [3.8, 4) is 0 Å². The molecule has 0 aliphatic carbocycles. The first kappa shape index (κ1) is 17.9. The van der Waals surface area contributed by atoms with E-state index in [0.717, 1.165) is 63.5 Å². The Kier molecular flexibility index (Phi) is 6.09. The van der Waals surface area contributed by atoms with E-state index in [2.05, 4.69) is 56.5 Å². The Morgan fingerprint density at radius 3 is 2.40 bits per heavy atom. The van der Waals surface area contributed by atoms with Crippen LogP contribution in [0, 0.1) is 0 Å². The van der Waals surface area contributed by atoms with Gasteiger partial charge in [-0.1, -0.05) is 6.07 Å². The van der Waals surface area contributed by atoms with Crippen molar-refractivity contribution >= 4 is 11.8 Å². The highest BCUT2D eigenvalue weighted by Crippen LogP contribution is 2.13. The van der Waals surface area contributed by atoms with Crippen LogP contribution in [0.25, 0.3) is 0 Å². The van der Waals surface area contributed by atoms with Crippen molar-refractivity contribution in [2.75, 3.05) is 58.3 Å². The van der Waals surface area contributed by atoms with Crippen molar-refractivity contribution in [1.29, 1.82) is 0 Å². The van der Waals surface area contributed by atoms with E-state index < -0.39 is 0 Å². The molecular weight excluding hydrogens is 316 g/mol. The minimum atomic E-state index is -0.0855. The lowest BCUT2D eigenvalue weighted by Gasteiger charge is -2.33. The number of carbonyl (C=O) groups excluding carboxylic acids is 1. The Hall–Kier alpha value is -1.86. The summed E-state index contributed by atoms with van der Waals surface area (Å²) in [6, 6.07) is 4.31. The number of likely N-dealkylation sites (tertiary alicyclic amines) is 1. The molecule has 2 amide bonds. The molecule has 2 aliphatic heterocycles. The Morgan fingerprint density at radius 1 is 1.08 bits per heavy atom. The molecule has 0 bridgehead atoms. The maximum Gasteiger partial charge on any atom is 0.315 e. The van der Waals surface area contributed by atoms with Crippen LogP contribution in [-0.4, -0.2) is 80.2 Å². The molecule has 0 atom stereocenters. The third-order valence-electron chi connectivity index (χ3n) is 5.14. The number of aromatic nitrogens is 1. The van der Waals surface area contributed by atoms with Crippen LogP contribution in [0.3, 0.4) is 0 Å². The minimum absolute atomic E-state index is 0.0855. The highest BCUT2D eigenvalue weighted by Gasteiger charge is 2.18. The molecule has 2 fully saturated rings. The number of piperazine rings is 1. The van der Waals surface area contributed by atoms with E-state index >= 15 is 0 Å². The Balaban J connectivity index is 1.41. The summed E-state index contributed by atoms with van der Waals surface area (Å²) < 4.78 is 0. The van der Waals surface area contributed by atoms with Crippen LogP contribution in [0.2, 0.25) is 0 Å². The minimum Gasteiger partial charge on any atom is -0.354 e. The second-order valence-corrected chi connectivity index (χ2v) is 7.22. The first-order valence-corrected chi connectivity index (χ1v) is 9.21. The monoisotopic (exact) mass is 346 g/mol. The van der Waals surface area contributed by atoms with Gasteiger partial charge in [0.15, 0.2) is 0 Å². The molecule has 7 heteroatoms. The van der Waals surface area contributed by atoms with Gasteiger partial charge in [-0.05, 0) is 51.7 Å². The van der Waals surface area contributed by atoms with E-state index in [1.807, 2.05) is 6.20 Å². The number of urea groups is 1. The normalized spacial score (nSPS) is 20.5. The van der Waals surface area contributed by atoms with Crippen molar-refractivity contribution in [3.63, 3.8) is 0 Å². The summed E-state index contributed by atoms with van der Waals surface area (Å²) in [5, 5.41) is 6.01. The summed E-state index contributed by atoms with van der Waals surface area (Å²) >= 11 is 0. The third-order valence-corrected chi connectivity index (χ3v) is 5.14. The van der Waals surface area contributed by atoms with E-state index in [-0.39, 0.29) is 12.1 Å². The van der Waals surface area contributed by atoms with Gasteiger partial charge in [0.1, 0.15) is 5.82 Å². The fraction of sp³-hybridized carbons (Fsp3) is 0.667. The number of rotatable bonds is 4. The van der Waals surface area contributed by atoms with Gasteiger partial charge in [0.2, 0.25) is 0 Å². The van der Waals surface area contributed by atoms with Crippen LogP contribution in [0.5, 0.6) is 0 Å². The summed E-state index contributed by atoms with van der Waals surface area (Å²) in [6.07, 6.45) is 3.90. The smallest absolute Gasteiger partial charge is 0.315 e. The summed E-state index contributed by atoms with van der Waals surface area (Å²) in [7, 11) is 4.27. The lowest BCUT2D eigenvalue weighted by atomic mass is 10.1. The molecule has 0 unspecified atom stereocenters. The van der Waals surface area contributed by atoms with Gasteiger partial charge in [-0.25, -0.2) is 9.78 Å². The molecule has 138 valence electrons. The van der Waals surface area contributed by atoms with E-state index in [9.17, 15) is 4.79 Å². The summed E-state index contributed by atoms with van der Waals surface area (Å²) in [4.78, 5) is 23.5. The number of amides is 2. The highest BCUT2D eigenvalue weighted by molar-refractivity contribution is 5.74. The molecule has 0 saturated carbocycles. The highest BCUT2D eigenvalue weighted by atomic mass is 16.2. The van der Waals surface area contributed by atoms with Crippen molar-refractivity contribution in [2.24, 2.45) is 0 Å². The van der Waals surface area contributed by atoms with E-state index in [1.165, 1.54) is 0 Å². The fourth-order valence-corrected chi connectivity index (χ4v) is 3.32. The molecule has 2 saturated heterocycles. The van der Waals surface area contributed by atoms with Crippen LogP contribution < -0.4 is 15.5 Å². The molecule has 0 aromatic carbocycles. The second kappa shape index (κ2) is 8.49. The van der Waals surface area contributed by atoms with E-state index in [4.69, 9.17) is 0 Å². The average Bonchev–Trinajstić information content (AvgIpc) is 2.63. The van der Waals surface area contributed by atoms with Gasteiger partial charge < -0.3 is 25.3 Å². The van der Waals surface area contributed by atoms with Crippen molar-refractivity contribution < 1.29 is 4.79 Å². The fourth-order valence-electron chi connectivity index (χ4n) is 3.32. The lowest BCUT2D eigenvalue weighted by Crippen LogP contribution is -2.46. The standard InChI is InChI=1S/C18H30N6O/c1-22-7-5-16(6-8-22)21-18(25)20-14-15-3-4-17(19-13-15)24-11-9-23(2)10-12-24/h3-4,13,16H,5-12,14H2,1-2H3,(H2,20,21,25). The molecule has 0 spiro atoms. The third kappa shape index (κ3) is 5.31. The maximum absolute atomic E-state index is 12.0. The molecular formula is C18H30N6O. The van der Waals surface area contributed by atoms with E-state index in [1.54, 1.807) is 0 Å². The van der Waals surface area contributed by atoms with Gasteiger partial charge >= 0.3 is 6.03 Å². The zero-order valence-corrected chi connectivity index (χ0v) is 15.4. The summed E-state index contributed by atoms with van der Waals surface area (Å²) in [6.45, 7) is 6.77. The summed E-state index contributed by atoms with van der Waals surface area (Å²) in [5.41, 5.74) is 1.02. The van der Waals surface area contributed by atoms with Crippen molar-refractivity contribution in [2.45, 2.75) is 25.4 Å². The first-order chi connectivity index (χ1) is 12.1. The largest absolute Gasteiger partial charge is 0.354 e. The molecule has 2 aliphatic rings.